The van der Waals surface area contributed by atoms with E-state index < -0.39 is 0 Å². The van der Waals surface area contributed by atoms with Crippen LogP contribution in [0, 0.1) is 0 Å². The van der Waals surface area contributed by atoms with Crippen LogP contribution in [0.4, 0.5) is 4.79 Å². The molecule has 1 aliphatic rings. The SMILES string of the molecule is CSC(C)NC(=O)N1CCCC1. The summed E-state index contributed by atoms with van der Waals surface area (Å²) in [5.74, 6) is 0. The molecule has 0 aromatic heterocycles. The summed E-state index contributed by atoms with van der Waals surface area (Å²) in [6.45, 7) is 3.85. The molecule has 1 atom stereocenters. The van der Waals surface area contributed by atoms with Crippen molar-refractivity contribution in [2.75, 3.05) is 19.3 Å². The Labute approximate surface area is 77.9 Å². The predicted octanol–water partition coefficient (Wildman–Crippen LogP) is 1.50. The van der Waals surface area contributed by atoms with E-state index in [1.54, 1.807) is 11.8 Å². The second-order valence-corrected chi connectivity index (χ2v) is 4.20. The minimum absolute atomic E-state index is 0.0920. The standard InChI is InChI=1S/C8H16N2OS/c1-7(12-2)9-8(11)10-5-3-4-6-10/h7H,3-6H2,1-2H3,(H,9,11). The number of urea groups is 1. The van der Waals surface area contributed by atoms with Crippen LogP contribution < -0.4 is 5.32 Å². The molecule has 0 aromatic carbocycles. The zero-order chi connectivity index (χ0) is 8.97. The lowest BCUT2D eigenvalue weighted by molar-refractivity contribution is 0.208. The first kappa shape index (κ1) is 9.71. The lowest BCUT2D eigenvalue weighted by Gasteiger charge is -2.18. The predicted molar refractivity (Wildman–Crippen MR) is 52.3 cm³/mol. The number of likely N-dealkylation sites (tertiary alicyclic amines) is 1. The van der Waals surface area contributed by atoms with Crippen molar-refractivity contribution in [3.05, 3.63) is 0 Å². The molecular formula is C8H16N2OS. The van der Waals surface area contributed by atoms with Gasteiger partial charge in [0.05, 0.1) is 5.37 Å². The molecule has 12 heavy (non-hydrogen) atoms. The van der Waals surface area contributed by atoms with Crippen LogP contribution in [-0.2, 0) is 0 Å². The van der Waals surface area contributed by atoms with Crippen LogP contribution in [-0.4, -0.2) is 35.7 Å². The van der Waals surface area contributed by atoms with Gasteiger partial charge in [-0.1, -0.05) is 0 Å². The highest BCUT2D eigenvalue weighted by Crippen LogP contribution is 2.08. The highest BCUT2D eigenvalue weighted by atomic mass is 32.2. The molecule has 0 saturated carbocycles. The number of amides is 2. The van der Waals surface area contributed by atoms with Crippen LogP contribution in [0.25, 0.3) is 0 Å². The number of hydrogen-bond acceptors (Lipinski definition) is 2. The Bertz CT molecular complexity index is 157. The van der Waals surface area contributed by atoms with E-state index in [-0.39, 0.29) is 11.4 Å². The maximum Gasteiger partial charge on any atom is 0.318 e. The van der Waals surface area contributed by atoms with E-state index in [4.69, 9.17) is 0 Å². The minimum Gasteiger partial charge on any atom is -0.327 e. The van der Waals surface area contributed by atoms with Crippen molar-refractivity contribution >= 4 is 17.8 Å². The van der Waals surface area contributed by atoms with E-state index in [0.717, 1.165) is 25.9 Å². The average molecular weight is 188 g/mol. The van der Waals surface area contributed by atoms with Crippen LogP contribution in [0.15, 0.2) is 0 Å². The van der Waals surface area contributed by atoms with Gasteiger partial charge in [-0.2, -0.15) is 0 Å². The second-order valence-electron chi connectivity index (χ2n) is 3.02. The lowest BCUT2D eigenvalue weighted by atomic mass is 10.4. The number of hydrogen-bond donors (Lipinski definition) is 1. The Morgan fingerprint density at radius 2 is 2.08 bits per heavy atom. The van der Waals surface area contributed by atoms with Gasteiger partial charge < -0.3 is 10.2 Å². The van der Waals surface area contributed by atoms with Gasteiger partial charge in [0.15, 0.2) is 0 Å². The second kappa shape index (κ2) is 4.60. The van der Waals surface area contributed by atoms with Crippen molar-refractivity contribution in [2.45, 2.75) is 25.1 Å². The van der Waals surface area contributed by atoms with E-state index in [1.807, 2.05) is 18.1 Å². The highest BCUT2D eigenvalue weighted by Gasteiger charge is 2.18. The van der Waals surface area contributed by atoms with E-state index >= 15 is 0 Å². The number of nitrogens with one attached hydrogen (secondary N) is 1. The topological polar surface area (TPSA) is 32.3 Å². The minimum atomic E-state index is 0.0920. The molecule has 1 rings (SSSR count). The van der Waals surface area contributed by atoms with Gasteiger partial charge in [0.1, 0.15) is 0 Å². The Morgan fingerprint density at radius 1 is 1.50 bits per heavy atom. The average Bonchev–Trinajstić information content (AvgIpc) is 2.56. The molecule has 1 fully saturated rings. The third-order valence-corrected chi connectivity index (χ3v) is 2.90. The van der Waals surface area contributed by atoms with Gasteiger partial charge in [-0.3, -0.25) is 0 Å². The molecule has 1 aliphatic heterocycles. The van der Waals surface area contributed by atoms with Crippen molar-refractivity contribution in [1.82, 2.24) is 10.2 Å². The molecule has 0 spiro atoms. The van der Waals surface area contributed by atoms with Gasteiger partial charge in [0, 0.05) is 13.1 Å². The summed E-state index contributed by atoms with van der Waals surface area (Å²) >= 11 is 1.65. The van der Waals surface area contributed by atoms with Crippen molar-refractivity contribution in [3.63, 3.8) is 0 Å². The molecule has 1 unspecified atom stereocenters. The van der Waals surface area contributed by atoms with Crippen LogP contribution in [0.1, 0.15) is 19.8 Å². The maximum atomic E-state index is 11.4. The summed E-state index contributed by atoms with van der Waals surface area (Å²) in [6.07, 6.45) is 4.30. The lowest BCUT2D eigenvalue weighted by Crippen LogP contribution is -2.41. The molecule has 70 valence electrons. The summed E-state index contributed by atoms with van der Waals surface area (Å²) in [4.78, 5) is 13.3. The maximum absolute atomic E-state index is 11.4. The van der Waals surface area contributed by atoms with Crippen LogP contribution in [0.3, 0.4) is 0 Å². The first-order valence-corrected chi connectivity index (χ1v) is 5.61. The number of carbonyl (C=O) groups excluding carboxylic acids is 1. The van der Waals surface area contributed by atoms with Gasteiger partial charge in [-0.15, -0.1) is 11.8 Å². The largest absolute Gasteiger partial charge is 0.327 e. The fourth-order valence-electron chi connectivity index (χ4n) is 1.24. The van der Waals surface area contributed by atoms with Crippen molar-refractivity contribution in [1.29, 1.82) is 0 Å². The molecule has 0 radical (unpaired) electrons. The normalized spacial score (nSPS) is 19.3. The first-order valence-electron chi connectivity index (χ1n) is 4.32. The highest BCUT2D eigenvalue weighted by molar-refractivity contribution is 7.99. The summed E-state index contributed by atoms with van der Waals surface area (Å²) in [6, 6.07) is 0.0920. The van der Waals surface area contributed by atoms with Gasteiger partial charge in [0.25, 0.3) is 0 Å². The molecule has 1 N–H and O–H groups in total. The smallest absolute Gasteiger partial charge is 0.318 e. The first-order chi connectivity index (χ1) is 5.74. The zero-order valence-electron chi connectivity index (χ0n) is 7.67. The Kier molecular flexibility index (Phi) is 3.72. The van der Waals surface area contributed by atoms with Crippen LogP contribution >= 0.6 is 11.8 Å². The van der Waals surface area contributed by atoms with Crippen LogP contribution in [0.5, 0.6) is 0 Å². The van der Waals surface area contributed by atoms with Gasteiger partial charge in [-0.25, -0.2) is 4.79 Å². The molecule has 1 saturated heterocycles. The molecule has 3 nitrogen and oxygen atoms in total. The van der Waals surface area contributed by atoms with Gasteiger partial charge >= 0.3 is 6.03 Å². The summed E-state index contributed by atoms with van der Waals surface area (Å²) in [5, 5.41) is 3.14. The summed E-state index contributed by atoms with van der Waals surface area (Å²) < 4.78 is 0. The van der Waals surface area contributed by atoms with Crippen molar-refractivity contribution in [2.24, 2.45) is 0 Å². The van der Waals surface area contributed by atoms with E-state index in [1.165, 1.54) is 0 Å². The van der Waals surface area contributed by atoms with Crippen molar-refractivity contribution in [3.8, 4) is 0 Å². The molecule has 1 heterocycles. The van der Waals surface area contributed by atoms with E-state index in [9.17, 15) is 4.79 Å². The van der Waals surface area contributed by atoms with Gasteiger partial charge in [0.2, 0.25) is 0 Å². The molecular weight excluding hydrogens is 172 g/mol. The molecule has 4 heteroatoms. The summed E-state index contributed by atoms with van der Waals surface area (Å²) in [5.41, 5.74) is 0. The quantitative estimate of drug-likeness (QED) is 0.666. The fraction of sp³-hybridized carbons (Fsp3) is 0.875. The van der Waals surface area contributed by atoms with Crippen LogP contribution in [0.2, 0.25) is 0 Å². The van der Waals surface area contributed by atoms with E-state index in [0.29, 0.717) is 0 Å². The number of rotatable bonds is 2. The number of carbonyl (C=O) groups is 1. The Morgan fingerprint density at radius 3 is 2.58 bits per heavy atom. The molecule has 0 aromatic rings. The number of thioether (sulfide) groups is 1. The Balaban J connectivity index is 2.27. The third kappa shape index (κ3) is 2.59. The fourth-order valence-corrected chi connectivity index (χ4v) is 1.46. The molecule has 0 bridgehead atoms. The number of nitrogens with zero attached hydrogens (tertiary/aromatic N) is 1. The Hall–Kier alpha value is -0.380. The van der Waals surface area contributed by atoms with E-state index in [2.05, 4.69) is 5.32 Å². The zero-order valence-corrected chi connectivity index (χ0v) is 8.49. The molecule has 2 amide bonds. The monoisotopic (exact) mass is 188 g/mol. The van der Waals surface area contributed by atoms with Crippen molar-refractivity contribution < 1.29 is 4.79 Å². The van der Waals surface area contributed by atoms with Gasteiger partial charge in [-0.05, 0) is 26.0 Å². The third-order valence-electron chi connectivity index (χ3n) is 2.07. The summed E-state index contributed by atoms with van der Waals surface area (Å²) in [7, 11) is 0. The molecule has 0 aliphatic carbocycles.